The van der Waals surface area contributed by atoms with Crippen LogP contribution in [0.4, 0.5) is 0 Å². The Balaban J connectivity index is 1.56. The van der Waals surface area contributed by atoms with Crippen LogP contribution in [0.1, 0.15) is 30.9 Å². The topological polar surface area (TPSA) is 124 Å². The van der Waals surface area contributed by atoms with E-state index in [1.807, 2.05) is 24.3 Å². The number of rotatable bonds is 14. The standard InChI is InChI=1S/C31H36N2O7S/c1-23-31(17-21-41(36,37)28-10-4-3-5-11-28,30(35)32-18-16-24-8-6-9-27(22-24)38-2)33-29(40-23)25-12-14-26(15-13-25)39-20-7-19-34/h3-6,8-15,22-23,34H,7,16-21H2,1-2H3,(H,32,35)/t23-,31-/m1/s1. The number of carbonyl (C=O) groups excluding carboxylic acids is 1. The van der Waals surface area contributed by atoms with Crippen LogP contribution in [0.3, 0.4) is 0 Å². The van der Waals surface area contributed by atoms with Crippen LogP contribution in [0.5, 0.6) is 11.5 Å². The molecule has 0 saturated carbocycles. The van der Waals surface area contributed by atoms with Gasteiger partial charge in [0.05, 0.1) is 24.4 Å². The Bertz CT molecular complexity index is 1440. The number of aliphatic imine (C=N–C) groups is 1. The zero-order valence-corrected chi connectivity index (χ0v) is 24.1. The molecule has 1 aliphatic heterocycles. The van der Waals surface area contributed by atoms with Crippen molar-refractivity contribution in [2.45, 2.75) is 42.7 Å². The highest BCUT2D eigenvalue weighted by Crippen LogP contribution is 2.33. The van der Waals surface area contributed by atoms with Crippen molar-refractivity contribution in [1.29, 1.82) is 0 Å². The van der Waals surface area contributed by atoms with Crippen molar-refractivity contribution in [3.63, 3.8) is 0 Å². The Morgan fingerprint density at radius 3 is 2.51 bits per heavy atom. The molecule has 0 radical (unpaired) electrons. The van der Waals surface area contributed by atoms with Gasteiger partial charge < -0.3 is 24.6 Å². The summed E-state index contributed by atoms with van der Waals surface area (Å²) in [6.45, 7) is 2.50. The van der Waals surface area contributed by atoms with Gasteiger partial charge in [-0.1, -0.05) is 30.3 Å². The first-order valence-corrected chi connectivity index (χ1v) is 15.2. The molecule has 3 aromatic carbocycles. The second-order valence-corrected chi connectivity index (χ2v) is 11.9. The molecule has 9 nitrogen and oxygen atoms in total. The molecule has 10 heteroatoms. The van der Waals surface area contributed by atoms with E-state index in [0.29, 0.717) is 37.3 Å². The second kappa shape index (κ2) is 13.6. The third-order valence-corrected chi connectivity index (χ3v) is 8.75. The summed E-state index contributed by atoms with van der Waals surface area (Å²) < 4.78 is 43.3. The fourth-order valence-corrected chi connectivity index (χ4v) is 5.98. The van der Waals surface area contributed by atoms with Crippen LogP contribution in [0.25, 0.3) is 0 Å². The molecular formula is C31H36N2O7S. The molecule has 41 heavy (non-hydrogen) atoms. The fourth-order valence-electron chi connectivity index (χ4n) is 4.59. The molecule has 0 aliphatic carbocycles. The molecule has 0 bridgehead atoms. The predicted molar refractivity (Wildman–Crippen MR) is 156 cm³/mol. The smallest absolute Gasteiger partial charge is 0.251 e. The zero-order valence-electron chi connectivity index (χ0n) is 23.3. The summed E-state index contributed by atoms with van der Waals surface area (Å²) in [4.78, 5) is 18.7. The van der Waals surface area contributed by atoms with Crippen LogP contribution in [-0.4, -0.2) is 69.6 Å². The Kier molecular flexibility index (Phi) is 10.0. The average Bonchev–Trinajstić information content (AvgIpc) is 3.34. The number of aliphatic hydroxyl groups excluding tert-OH is 1. The van der Waals surface area contributed by atoms with Crippen molar-refractivity contribution in [2.75, 3.05) is 32.6 Å². The second-order valence-electron chi connectivity index (χ2n) is 9.79. The number of nitrogens with zero attached hydrogens (tertiary/aromatic N) is 1. The van der Waals surface area contributed by atoms with Crippen molar-refractivity contribution >= 4 is 21.6 Å². The molecule has 1 aliphatic rings. The first-order chi connectivity index (χ1) is 19.8. The van der Waals surface area contributed by atoms with E-state index in [-0.39, 0.29) is 29.6 Å². The van der Waals surface area contributed by atoms with E-state index in [2.05, 4.69) is 5.32 Å². The number of nitrogens with one attached hydrogen (secondary N) is 1. The predicted octanol–water partition coefficient (Wildman–Crippen LogP) is 3.58. The first-order valence-electron chi connectivity index (χ1n) is 13.6. The monoisotopic (exact) mass is 580 g/mol. The maximum atomic E-state index is 13.8. The van der Waals surface area contributed by atoms with E-state index in [1.165, 1.54) is 0 Å². The zero-order chi connectivity index (χ0) is 29.3. The van der Waals surface area contributed by atoms with Gasteiger partial charge in [0.25, 0.3) is 5.91 Å². The van der Waals surface area contributed by atoms with Crippen LogP contribution >= 0.6 is 0 Å². The molecule has 218 valence electrons. The Hall–Kier alpha value is -3.89. The van der Waals surface area contributed by atoms with Gasteiger partial charge in [0.1, 0.15) is 17.6 Å². The van der Waals surface area contributed by atoms with Crippen molar-refractivity contribution in [1.82, 2.24) is 5.32 Å². The van der Waals surface area contributed by atoms with Gasteiger partial charge in [-0.05, 0) is 73.9 Å². The van der Waals surface area contributed by atoms with Gasteiger partial charge in [-0.2, -0.15) is 0 Å². The Labute approximate surface area is 241 Å². The number of carbonyl (C=O) groups is 1. The van der Waals surface area contributed by atoms with E-state index in [4.69, 9.17) is 24.3 Å². The van der Waals surface area contributed by atoms with E-state index < -0.39 is 27.4 Å². The number of aliphatic hydroxyl groups is 1. The number of hydrogen-bond acceptors (Lipinski definition) is 8. The van der Waals surface area contributed by atoms with Crippen LogP contribution in [0.15, 0.2) is 88.8 Å². The average molecular weight is 581 g/mol. The van der Waals surface area contributed by atoms with E-state index in [9.17, 15) is 13.2 Å². The number of amides is 1. The van der Waals surface area contributed by atoms with Gasteiger partial charge in [-0.25, -0.2) is 13.4 Å². The third kappa shape index (κ3) is 7.45. The van der Waals surface area contributed by atoms with Gasteiger partial charge in [0.15, 0.2) is 15.4 Å². The highest BCUT2D eigenvalue weighted by atomic mass is 32.2. The summed E-state index contributed by atoms with van der Waals surface area (Å²) in [5.74, 6) is 0.954. The normalized spacial score (nSPS) is 18.3. The molecule has 0 fully saturated rings. The molecule has 0 aromatic heterocycles. The quantitative estimate of drug-likeness (QED) is 0.280. The summed E-state index contributed by atoms with van der Waals surface area (Å²) in [6, 6.07) is 22.9. The highest BCUT2D eigenvalue weighted by Gasteiger charge is 2.50. The lowest BCUT2D eigenvalue weighted by atomic mass is 9.90. The van der Waals surface area contributed by atoms with Crippen molar-refractivity contribution < 1.29 is 32.5 Å². The number of ether oxygens (including phenoxy) is 3. The highest BCUT2D eigenvalue weighted by molar-refractivity contribution is 7.91. The van der Waals surface area contributed by atoms with Crippen molar-refractivity contribution in [2.24, 2.45) is 4.99 Å². The molecular weight excluding hydrogens is 544 g/mol. The maximum absolute atomic E-state index is 13.8. The van der Waals surface area contributed by atoms with Crippen LogP contribution in [-0.2, 0) is 25.8 Å². The molecule has 4 rings (SSSR count). The molecule has 0 unspecified atom stereocenters. The van der Waals surface area contributed by atoms with E-state index in [0.717, 1.165) is 11.3 Å². The molecule has 2 N–H and O–H groups in total. The van der Waals surface area contributed by atoms with Gasteiger partial charge in [-0.15, -0.1) is 0 Å². The Morgan fingerprint density at radius 1 is 1.05 bits per heavy atom. The SMILES string of the molecule is COc1cccc(CCNC(=O)[C@]2(CCS(=O)(=O)c3ccccc3)N=C(c3ccc(OCCCO)cc3)O[C@@H]2C)c1. The minimum atomic E-state index is -3.67. The Morgan fingerprint density at radius 2 is 1.80 bits per heavy atom. The van der Waals surface area contributed by atoms with Crippen molar-refractivity contribution in [3.05, 3.63) is 90.0 Å². The lowest BCUT2D eigenvalue weighted by Crippen LogP contribution is -2.52. The van der Waals surface area contributed by atoms with Gasteiger partial charge in [0.2, 0.25) is 5.90 Å². The summed E-state index contributed by atoms with van der Waals surface area (Å²) in [5.41, 5.74) is 0.192. The first kappa shape index (κ1) is 30.1. The lowest BCUT2D eigenvalue weighted by Gasteiger charge is -2.28. The van der Waals surface area contributed by atoms with Gasteiger partial charge in [0, 0.05) is 25.1 Å². The molecule has 2 atom stereocenters. The molecule has 3 aromatic rings. The number of benzene rings is 3. The summed E-state index contributed by atoms with van der Waals surface area (Å²) in [6.07, 6.45) is 0.324. The minimum Gasteiger partial charge on any atom is -0.497 e. The summed E-state index contributed by atoms with van der Waals surface area (Å²) in [5, 5.41) is 11.9. The number of hydrogen-bond donors (Lipinski definition) is 2. The number of methoxy groups -OCH3 is 1. The van der Waals surface area contributed by atoms with Crippen molar-refractivity contribution in [3.8, 4) is 11.5 Å². The summed E-state index contributed by atoms with van der Waals surface area (Å²) in [7, 11) is -2.07. The van der Waals surface area contributed by atoms with Gasteiger partial charge in [-0.3, -0.25) is 4.79 Å². The number of sulfone groups is 1. The molecule has 0 saturated heterocycles. The maximum Gasteiger partial charge on any atom is 0.251 e. The molecule has 1 heterocycles. The van der Waals surface area contributed by atoms with Crippen LogP contribution in [0, 0.1) is 0 Å². The van der Waals surface area contributed by atoms with Crippen LogP contribution in [0.2, 0.25) is 0 Å². The molecule has 0 spiro atoms. The van der Waals surface area contributed by atoms with E-state index >= 15 is 0 Å². The van der Waals surface area contributed by atoms with Crippen LogP contribution < -0.4 is 14.8 Å². The lowest BCUT2D eigenvalue weighted by molar-refractivity contribution is -0.128. The summed E-state index contributed by atoms with van der Waals surface area (Å²) >= 11 is 0. The molecule has 1 amide bonds. The van der Waals surface area contributed by atoms with E-state index in [1.54, 1.807) is 68.6 Å². The fraction of sp³-hybridized carbons (Fsp3) is 0.355. The third-order valence-electron chi connectivity index (χ3n) is 7.02. The largest absolute Gasteiger partial charge is 0.497 e. The minimum absolute atomic E-state index is 0.0459. The van der Waals surface area contributed by atoms with Gasteiger partial charge >= 0.3 is 0 Å².